The number of thiazole rings is 1. The van der Waals surface area contributed by atoms with E-state index in [1.165, 1.54) is 29.9 Å². The molecule has 1 spiro atoms. The second kappa shape index (κ2) is 7.08. The van der Waals surface area contributed by atoms with Crippen molar-refractivity contribution in [3.63, 3.8) is 0 Å². The Morgan fingerprint density at radius 1 is 1.38 bits per heavy atom. The number of hydrogen-bond donors (Lipinski definition) is 1. The molecule has 4 rings (SSSR count). The molecule has 2 atom stereocenters. The molecule has 6 heteroatoms. The molecule has 1 amide bonds. The van der Waals surface area contributed by atoms with Crippen molar-refractivity contribution in [1.82, 2.24) is 10.3 Å². The minimum atomic E-state index is -0.247. The Kier molecular flexibility index (Phi) is 4.80. The fourth-order valence-electron chi connectivity index (χ4n) is 4.14. The Balaban J connectivity index is 1.37. The third kappa shape index (κ3) is 3.16. The summed E-state index contributed by atoms with van der Waals surface area (Å²) < 4.78 is 18.8. The highest BCUT2D eigenvalue weighted by atomic mass is 32.1. The summed E-state index contributed by atoms with van der Waals surface area (Å²) in [6.45, 7) is 2.76. The molecule has 0 radical (unpaired) electrons. The number of carbonyl (C=O) groups excluding carboxylic acids is 1. The molecule has 2 aliphatic rings. The van der Waals surface area contributed by atoms with E-state index in [1.54, 1.807) is 18.3 Å². The standard InChI is InChI=1S/C20H23FN2O2S/c1-2-25-17-11-16(20(17)8-3-9-20)23-19(24)15-12-22-18(26-15)10-13-4-6-14(21)7-5-13/h4-7,12,16-17H,2-3,8-11H2,1H3,(H,23,24). The van der Waals surface area contributed by atoms with Gasteiger partial charge in [-0.15, -0.1) is 11.3 Å². The van der Waals surface area contributed by atoms with E-state index in [0.717, 1.165) is 36.4 Å². The summed E-state index contributed by atoms with van der Waals surface area (Å²) in [6, 6.07) is 6.60. The van der Waals surface area contributed by atoms with E-state index < -0.39 is 0 Å². The van der Waals surface area contributed by atoms with Gasteiger partial charge in [-0.25, -0.2) is 9.37 Å². The number of rotatable bonds is 6. The summed E-state index contributed by atoms with van der Waals surface area (Å²) in [6.07, 6.45) is 6.95. The molecule has 2 aromatic rings. The van der Waals surface area contributed by atoms with E-state index >= 15 is 0 Å². The topological polar surface area (TPSA) is 51.2 Å². The SMILES string of the molecule is CCOC1CC(NC(=O)c2cnc(Cc3ccc(F)cc3)s2)C12CCC2. The highest BCUT2D eigenvalue weighted by molar-refractivity contribution is 7.13. The fraction of sp³-hybridized carbons (Fsp3) is 0.500. The van der Waals surface area contributed by atoms with Crippen LogP contribution in [-0.2, 0) is 11.2 Å². The summed E-state index contributed by atoms with van der Waals surface area (Å²) >= 11 is 1.41. The van der Waals surface area contributed by atoms with Crippen LogP contribution in [0.3, 0.4) is 0 Å². The lowest BCUT2D eigenvalue weighted by atomic mass is 9.51. The Morgan fingerprint density at radius 3 is 2.81 bits per heavy atom. The van der Waals surface area contributed by atoms with Crippen molar-refractivity contribution in [2.45, 2.75) is 51.2 Å². The number of hydrogen-bond acceptors (Lipinski definition) is 4. The molecule has 1 aromatic carbocycles. The Labute approximate surface area is 156 Å². The maximum Gasteiger partial charge on any atom is 0.263 e. The summed E-state index contributed by atoms with van der Waals surface area (Å²) in [4.78, 5) is 17.6. The average Bonchev–Trinajstić information content (AvgIpc) is 3.03. The number of carbonyl (C=O) groups is 1. The van der Waals surface area contributed by atoms with Crippen molar-refractivity contribution >= 4 is 17.2 Å². The van der Waals surface area contributed by atoms with Crippen LogP contribution in [0.2, 0.25) is 0 Å². The lowest BCUT2D eigenvalue weighted by molar-refractivity contribution is -0.169. The van der Waals surface area contributed by atoms with Gasteiger partial charge < -0.3 is 10.1 Å². The molecule has 1 heterocycles. The summed E-state index contributed by atoms with van der Waals surface area (Å²) in [5.41, 5.74) is 1.15. The van der Waals surface area contributed by atoms with Gasteiger partial charge in [0.15, 0.2) is 0 Å². The molecule has 2 saturated carbocycles. The molecule has 2 aliphatic carbocycles. The quantitative estimate of drug-likeness (QED) is 0.833. The van der Waals surface area contributed by atoms with E-state index in [9.17, 15) is 9.18 Å². The van der Waals surface area contributed by atoms with E-state index in [-0.39, 0.29) is 23.2 Å². The van der Waals surface area contributed by atoms with Crippen LogP contribution in [0.15, 0.2) is 30.5 Å². The van der Waals surface area contributed by atoms with Crippen molar-refractivity contribution < 1.29 is 13.9 Å². The number of amides is 1. The number of benzene rings is 1. The first-order valence-electron chi connectivity index (χ1n) is 9.22. The van der Waals surface area contributed by atoms with Gasteiger partial charge in [-0.2, -0.15) is 0 Å². The first kappa shape index (κ1) is 17.6. The predicted octanol–water partition coefficient (Wildman–Crippen LogP) is 3.95. The second-order valence-electron chi connectivity index (χ2n) is 7.21. The van der Waals surface area contributed by atoms with Gasteiger partial charge in [0.2, 0.25) is 0 Å². The van der Waals surface area contributed by atoms with E-state index in [2.05, 4.69) is 10.3 Å². The monoisotopic (exact) mass is 374 g/mol. The van der Waals surface area contributed by atoms with Gasteiger partial charge >= 0.3 is 0 Å². The zero-order valence-electron chi connectivity index (χ0n) is 14.8. The van der Waals surface area contributed by atoms with Gasteiger partial charge in [-0.3, -0.25) is 4.79 Å². The van der Waals surface area contributed by atoms with Gasteiger partial charge in [-0.05, 0) is 43.9 Å². The third-order valence-corrected chi connectivity index (χ3v) is 6.78. The number of halogens is 1. The van der Waals surface area contributed by atoms with Crippen molar-refractivity contribution in [3.8, 4) is 0 Å². The largest absolute Gasteiger partial charge is 0.378 e. The maximum atomic E-state index is 13.0. The zero-order chi connectivity index (χ0) is 18.1. The minimum absolute atomic E-state index is 0.0425. The Morgan fingerprint density at radius 2 is 2.15 bits per heavy atom. The van der Waals surface area contributed by atoms with E-state index in [1.807, 2.05) is 6.92 Å². The molecular formula is C20H23FN2O2S. The lowest BCUT2D eigenvalue weighted by Gasteiger charge is -2.60. The van der Waals surface area contributed by atoms with E-state index in [4.69, 9.17) is 4.74 Å². The van der Waals surface area contributed by atoms with Gasteiger partial charge in [0.05, 0.1) is 17.3 Å². The van der Waals surface area contributed by atoms with Crippen molar-refractivity contribution in [2.75, 3.05) is 6.61 Å². The highest BCUT2D eigenvalue weighted by Gasteiger charge is 2.59. The molecular weight excluding hydrogens is 351 g/mol. The first-order chi connectivity index (χ1) is 12.6. The molecule has 138 valence electrons. The molecule has 2 unspecified atom stereocenters. The van der Waals surface area contributed by atoms with Gasteiger partial charge in [0, 0.05) is 24.5 Å². The van der Waals surface area contributed by atoms with E-state index in [0.29, 0.717) is 17.4 Å². The number of nitrogens with zero attached hydrogens (tertiary/aromatic N) is 1. The Hall–Kier alpha value is -1.79. The maximum absolute atomic E-state index is 13.0. The van der Waals surface area contributed by atoms with Crippen LogP contribution >= 0.6 is 11.3 Å². The third-order valence-electron chi connectivity index (χ3n) is 5.79. The summed E-state index contributed by atoms with van der Waals surface area (Å²) in [5.74, 6) is -0.289. The Bertz CT molecular complexity index is 785. The predicted molar refractivity (Wildman–Crippen MR) is 98.9 cm³/mol. The molecule has 4 nitrogen and oxygen atoms in total. The molecule has 0 aliphatic heterocycles. The van der Waals surface area contributed by atoms with Crippen LogP contribution in [0.5, 0.6) is 0 Å². The van der Waals surface area contributed by atoms with Crippen molar-refractivity contribution in [1.29, 1.82) is 0 Å². The van der Waals surface area contributed by atoms with Crippen LogP contribution in [0.25, 0.3) is 0 Å². The summed E-state index contributed by atoms with van der Waals surface area (Å²) in [7, 11) is 0. The lowest BCUT2D eigenvalue weighted by Crippen LogP contribution is -2.67. The molecule has 2 fully saturated rings. The van der Waals surface area contributed by atoms with Crippen molar-refractivity contribution in [2.24, 2.45) is 5.41 Å². The van der Waals surface area contributed by atoms with Crippen LogP contribution in [0, 0.1) is 11.2 Å². The minimum Gasteiger partial charge on any atom is -0.378 e. The number of aromatic nitrogens is 1. The van der Waals surface area contributed by atoms with Crippen LogP contribution in [0.4, 0.5) is 4.39 Å². The highest BCUT2D eigenvalue weighted by Crippen LogP contribution is 2.57. The van der Waals surface area contributed by atoms with Crippen LogP contribution < -0.4 is 5.32 Å². The van der Waals surface area contributed by atoms with Gasteiger partial charge in [0.25, 0.3) is 5.91 Å². The molecule has 0 saturated heterocycles. The molecule has 1 aromatic heterocycles. The average molecular weight is 374 g/mol. The first-order valence-corrected chi connectivity index (χ1v) is 10.0. The normalized spacial score (nSPS) is 23.3. The van der Waals surface area contributed by atoms with Gasteiger partial charge in [-0.1, -0.05) is 18.6 Å². The number of ether oxygens (including phenoxy) is 1. The van der Waals surface area contributed by atoms with Crippen molar-refractivity contribution in [3.05, 3.63) is 51.7 Å². The second-order valence-corrected chi connectivity index (χ2v) is 8.33. The smallest absolute Gasteiger partial charge is 0.263 e. The zero-order valence-corrected chi connectivity index (χ0v) is 15.7. The van der Waals surface area contributed by atoms with Gasteiger partial charge in [0.1, 0.15) is 10.7 Å². The molecule has 0 bridgehead atoms. The molecule has 1 N–H and O–H groups in total. The number of nitrogens with one attached hydrogen (secondary N) is 1. The fourth-order valence-corrected chi connectivity index (χ4v) is 5.00. The molecule has 26 heavy (non-hydrogen) atoms. The summed E-state index contributed by atoms with van der Waals surface area (Å²) in [5, 5.41) is 4.06. The van der Waals surface area contributed by atoms with Crippen LogP contribution in [0.1, 0.15) is 52.8 Å². The van der Waals surface area contributed by atoms with Crippen LogP contribution in [-0.4, -0.2) is 29.6 Å².